The Kier molecular flexibility index (Phi) is 9.43. The van der Waals surface area contributed by atoms with Crippen LogP contribution in [-0.4, -0.2) is 51.0 Å². The molecular formula is C22H26Cl3N3O4S. The van der Waals surface area contributed by atoms with Crippen molar-refractivity contribution in [2.24, 2.45) is 0 Å². The number of anilines is 1. The fraction of sp³-hybridized carbons (Fsp3) is 0.364. The monoisotopic (exact) mass is 533 g/mol. The molecular weight excluding hydrogens is 509 g/mol. The van der Waals surface area contributed by atoms with Gasteiger partial charge in [-0.2, -0.15) is 0 Å². The van der Waals surface area contributed by atoms with E-state index in [1.165, 1.54) is 11.9 Å². The quantitative estimate of drug-likeness (QED) is 0.520. The first-order chi connectivity index (χ1) is 15.4. The Hall–Kier alpha value is -2.00. The Morgan fingerprint density at radius 1 is 1.06 bits per heavy atom. The van der Waals surface area contributed by atoms with Gasteiger partial charge in [0.1, 0.15) is 12.6 Å². The van der Waals surface area contributed by atoms with Crippen LogP contribution in [0.1, 0.15) is 24.5 Å². The molecule has 33 heavy (non-hydrogen) atoms. The summed E-state index contributed by atoms with van der Waals surface area (Å²) in [7, 11) is -2.36. The lowest BCUT2D eigenvalue weighted by Gasteiger charge is -2.33. The zero-order chi connectivity index (χ0) is 24.9. The van der Waals surface area contributed by atoms with Gasteiger partial charge in [0.15, 0.2) is 0 Å². The summed E-state index contributed by atoms with van der Waals surface area (Å²) in [5, 5.41) is 3.60. The summed E-state index contributed by atoms with van der Waals surface area (Å²) in [5.74, 6) is -0.919. The van der Waals surface area contributed by atoms with Crippen molar-refractivity contribution >= 4 is 62.3 Å². The molecule has 0 radical (unpaired) electrons. The number of amides is 2. The van der Waals surface area contributed by atoms with E-state index in [-0.39, 0.29) is 12.5 Å². The zero-order valence-corrected chi connectivity index (χ0v) is 21.8. The summed E-state index contributed by atoms with van der Waals surface area (Å²) < 4.78 is 26.2. The minimum absolute atomic E-state index is 0.0355. The van der Waals surface area contributed by atoms with E-state index in [0.717, 1.165) is 10.6 Å². The van der Waals surface area contributed by atoms with Gasteiger partial charge in [-0.1, -0.05) is 53.9 Å². The molecule has 2 aromatic rings. The highest BCUT2D eigenvalue weighted by molar-refractivity contribution is 7.92. The largest absolute Gasteiger partial charge is 0.357 e. The summed E-state index contributed by atoms with van der Waals surface area (Å²) in [6, 6.07) is 8.91. The Balaban J connectivity index is 2.49. The molecule has 0 saturated carbocycles. The molecule has 0 bridgehead atoms. The topological polar surface area (TPSA) is 86.8 Å². The van der Waals surface area contributed by atoms with Crippen LogP contribution in [0.2, 0.25) is 15.1 Å². The molecule has 0 aliphatic carbocycles. The average molecular weight is 535 g/mol. The highest BCUT2D eigenvalue weighted by Gasteiger charge is 2.32. The van der Waals surface area contributed by atoms with E-state index < -0.39 is 28.5 Å². The van der Waals surface area contributed by atoms with Gasteiger partial charge in [0.05, 0.1) is 22.0 Å². The molecule has 0 heterocycles. The smallest absolute Gasteiger partial charge is 0.244 e. The maximum Gasteiger partial charge on any atom is 0.244 e. The number of halogens is 3. The normalized spacial score (nSPS) is 12.2. The second-order valence-corrected chi connectivity index (χ2v) is 10.6. The average Bonchev–Trinajstić information content (AvgIpc) is 2.75. The summed E-state index contributed by atoms with van der Waals surface area (Å²) in [6.45, 7) is 2.97. The first kappa shape index (κ1) is 27.2. The van der Waals surface area contributed by atoms with Crippen molar-refractivity contribution in [3.63, 3.8) is 0 Å². The highest BCUT2D eigenvalue weighted by atomic mass is 35.5. The SMILES string of the molecule is CCC(C(=O)NC)N(Cc1ccc(Cl)c(Cl)c1)C(=O)CN(c1cccc(Cl)c1C)S(C)(=O)=O. The molecule has 0 spiro atoms. The molecule has 0 saturated heterocycles. The lowest BCUT2D eigenvalue weighted by molar-refractivity contribution is -0.140. The third-order valence-corrected chi connectivity index (χ3v) is 7.43. The first-order valence-electron chi connectivity index (χ1n) is 10.1. The lowest BCUT2D eigenvalue weighted by atomic mass is 10.1. The zero-order valence-electron chi connectivity index (χ0n) is 18.7. The van der Waals surface area contributed by atoms with Gasteiger partial charge < -0.3 is 10.2 Å². The lowest BCUT2D eigenvalue weighted by Crippen LogP contribution is -2.51. The van der Waals surface area contributed by atoms with Gasteiger partial charge in [-0.3, -0.25) is 13.9 Å². The number of rotatable bonds is 9. The van der Waals surface area contributed by atoms with E-state index >= 15 is 0 Å². The van der Waals surface area contributed by atoms with Crippen LogP contribution in [-0.2, 0) is 26.2 Å². The Morgan fingerprint density at radius 2 is 1.73 bits per heavy atom. The van der Waals surface area contributed by atoms with E-state index in [1.54, 1.807) is 50.2 Å². The van der Waals surface area contributed by atoms with E-state index in [0.29, 0.717) is 38.3 Å². The van der Waals surface area contributed by atoms with Crippen LogP contribution in [0.25, 0.3) is 0 Å². The minimum atomic E-state index is -3.84. The highest BCUT2D eigenvalue weighted by Crippen LogP contribution is 2.29. The van der Waals surface area contributed by atoms with Crippen LogP contribution < -0.4 is 9.62 Å². The Morgan fingerprint density at radius 3 is 2.27 bits per heavy atom. The number of carbonyl (C=O) groups is 2. The van der Waals surface area contributed by atoms with Crippen LogP contribution in [0.5, 0.6) is 0 Å². The van der Waals surface area contributed by atoms with Crippen molar-refractivity contribution in [2.75, 3.05) is 24.2 Å². The molecule has 0 aliphatic heterocycles. The van der Waals surface area contributed by atoms with Gasteiger partial charge in [0, 0.05) is 18.6 Å². The maximum atomic E-state index is 13.5. The van der Waals surface area contributed by atoms with Crippen LogP contribution in [0.3, 0.4) is 0 Å². The Bertz CT molecular complexity index is 1140. The Labute approximate surface area is 209 Å². The molecule has 1 unspecified atom stereocenters. The second-order valence-electron chi connectivity index (χ2n) is 7.46. The predicted octanol–water partition coefficient (Wildman–Crippen LogP) is 4.27. The van der Waals surface area contributed by atoms with E-state index in [9.17, 15) is 18.0 Å². The molecule has 2 rings (SSSR count). The minimum Gasteiger partial charge on any atom is -0.357 e. The second kappa shape index (κ2) is 11.4. The summed E-state index contributed by atoms with van der Waals surface area (Å²) in [6.07, 6.45) is 1.34. The number of nitrogens with zero attached hydrogens (tertiary/aromatic N) is 2. The van der Waals surface area contributed by atoms with E-state index in [2.05, 4.69) is 5.32 Å². The summed E-state index contributed by atoms with van der Waals surface area (Å²) in [4.78, 5) is 27.4. The standard InChI is InChI=1S/C22H26Cl3N3O4S/c1-5-19(22(30)26-3)27(12-15-9-10-17(24)18(25)11-15)21(29)13-28(33(4,31)32)20-8-6-7-16(23)14(20)2/h6-11,19H,5,12-13H2,1-4H3,(H,26,30). The number of hydrogen-bond donors (Lipinski definition) is 1. The molecule has 1 N–H and O–H groups in total. The number of nitrogens with one attached hydrogen (secondary N) is 1. The molecule has 0 fully saturated rings. The first-order valence-corrected chi connectivity index (χ1v) is 13.1. The van der Waals surface area contributed by atoms with Gasteiger partial charge in [-0.05, 0) is 48.7 Å². The third-order valence-electron chi connectivity index (χ3n) is 5.16. The van der Waals surface area contributed by atoms with Crippen LogP contribution in [0, 0.1) is 6.92 Å². The number of benzene rings is 2. The molecule has 1 atom stereocenters. The third kappa shape index (κ3) is 6.76. The van der Waals surface area contributed by atoms with Gasteiger partial charge in [0.2, 0.25) is 21.8 Å². The fourth-order valence-electron chi connectivity index (χ4n) is 3.38. The number of likely N-dealkylation sites (N-methyl/N-ethyl adjacent to an activating group) is 1. The van der Waals surface area contributed by atoms with Gasteiger partial charge in [-0.15, -0.1) is 0 Å². The van der Waals surface area contributed by atoms with Gasteiger partial charge >= 0.3 is 0 Å². The van der Waals surface area contributed by atoms with Crippen molar-refractivity contribution < 1.29 is 18.0 Å². The van der Waals surface area contributed by atoms with E-state index in [1.807, 2.05) is 0 Å². The van der Waals surface area contributed by atoms with Crippen LogP contribution in [0.4, 0.5) is 5.69 Å². The molecule has 2 aromatic carbocycles. The number of hydrogen-bond acceptors (Lipinski definition) is 4. The van der Waals surface area contributed by atoms with Crippen molar-refractivity contribution in [1.82, 2.24) is 10.2 Å². The van der Waals surface area contributed by atoms with Gasteiger partial charge in [-0.25, -0.2) is 8.42 Å². The molecule has 7 nitrogen and oxygen atoms in total. The van der Waals surface area contributed by atoms with Crippen molar-refractivity contribution in [1.29, 1.82) is 0 Å². The fourth-order valence-corrected chi connectivity index (χ4v) is 4.77. The van der Waals surface area contributed by atoms with Crippen molar-refractivity contribution in [3.8, 4) is 0 Å². The number of carbonyl (C=O) groups excluding carboxylic acids is 2. The molecule has 0 aliphatic rings. The molecule has 180 valence electrons. The van der Waals surface area contributed by atoms with Crippen molar-refractivity contribution in [2.45, 2.75) is 32.9 Å². The van der Waals surface area contributed by atoms with E-state index in [4.69, 9.17) is 34.8 Å². The van der Waals surface area contributed by atoms with Crippen LogP contribution >= 0.6 is 34.8 Å². The van der Waals surface area contributed by atoms with Crippen molar-refractivity contribution in [3.05, 3.63) is 62.6 Å². The predicted molar refractivity (Wildman–Crippen MR) is 134 cm³/mol. The number of sulfonamides is 1. The van der Waals surface area contributed by atoms with Crippen LogP contribution in [0.15, 0.2) is 36.4 Å². The maximum absolute atomic E-state index is 13.5. The van der Waals surface area contributed by atoms with Gasteiger partial charge in [0.25, 0.3) is 0 Å². The molecule has 0 aromatic heterocycles. The molecule has 11 heteroatoms. The molecule has 2 amide bonds. The summed E-state index contributed by atoms with van der Waals surface area (Å²) >= 11 is 18.3. The summed E-state index contributed by atoms with van der Waals surface area (Å²) in [5.41, 5.74) is 1.46.